The van der Waals surface area contributed by atoms with Gasteiger partial charge >= 0.3 is 0 Å². The summed E-state index contributed by atoms with van der Waals surface area (Å²) in [4.78, 5) is 38.2. The molecule has 1 atom stereocenters. The molecular weight excluding hydrogens is 422 g/mol. The third-order valence-corrected chi connectivity index (χ3v) is 7.02. The molecule has 168 valence electrons. The molecule has 3 aromatic rings. The second-order valence-electron chi connectivity index (χ2n) is 8.98. The summed E-state index contributed by atoms with van der Waals surface area (Å²) in [6, 6.07) is 4.89. The number of rotatable bonds is 4. The molecule has 0 radical (unpaired) electrons. The minimum atomic E-state index is -0.625. The van der Waals surface area contributed by atoms with Crippen molar-refractivity contribution in [2.45, 2.75) is 50.6 Å². The first-order valence-electron chi connectivity index (χ1n) is 11.2. The number of carbonyl (C=O) groups is 3. The Labute approximate surface area is 189 Å². The van der Waals surface area contributed by atoms with E-state index in [1.165, 1.54) is 25.0 Å². The minimum Gasteiger partial charge on any atom is -0.322 e. The summed E-state index contributed by atoms with van der Waals surface area (Å²) in [6.45, 7) is 0.324. The van der Waals surface area contributed by atoms with Crippen LogP contribution in [-0.4, -0.2) is 53.4 Å². The molecule has 33 heavy (non-hydrogen) atoms. The van der Waals surface area contributed by atoms with E-state index in [2.05, 4.69) is 20.7 Å². The maximum Gasteiger partial charge on any atom is 0.255 e. The van der Waals surface area contributed by atoms with Gasteiger partial charge in [0, 0.05) is 37.1 Å². The van der Waals surface area contributed by atoms with Gasteiger partial charge in [-0.1, -0.05) is 11.6 Å². The van der Waals surface area contributed by atoms with E-state index in [1.807, 2.05) is 36.3 Å². The number of fused-ring (bicyclic) bond motifs is 1. The van der Waals surface area contributed by atoms with Crippen molar-refractivity contribution in [3.05, 3.63) is 47.4 Å². The second-order valence-corrected chi connectivity index (χ2v) is 8.98. The summed E-state index contributed by atoms with van der Waals surface area (Å²) in [6.07, 6.45) is 7.90. The average molecular weight is 445 g/mol. The molecule has 1 unspecified atom stereocenters. The third-order valence-electron chi connectivity index (χ3n) is 7.02. The Morgan fingerprint density at radius 1 is 1.09 bits per heavy atom. The van der Waals surface area contributed by atoms with E-state index in [-0.39, 0.29) is 18.2 Å². The number of hydrogen-bond acceptors (Lipinski definition) is 6. The molecule has 10 heteroatoms. The highest BCUT2D eigenvalue weighted by Crippen LogP contribution is 2.40. The highest BCUT2D eigenvalue weighted by Gasteiger charge is 2.39. The summed E-state index contributed by atoms with van der Waals surface area (Å²) in [7, 11) is 1.97. The van der Waals surface area contributed by atoms with Gasteiger partial charge in [-0.25, -0.2) is 4.68 Å². The normalized spacial score (nSPS) is 20.7. The average Bonchev–Trinajstić information content (AvgIpc) is 3.46. The summed E-state index contributed by atoms with van der Waals surface area (Å²) < 4.78 is 3.63. The van der Waals surface area contributed by atoms with E-state index < -0.39 is 11.9 Å². The molecule has 10 nitrogen and oxygen atoms in total. The molecule has 1 saturated heterocycles. The van der Waals surface area contributed by atoms with E-state index >= 15 is 0 Å². The first-order chi connectivity index (χ1) is 16.0. The number of carbonyl (C=O) groups excluding carboxylic acids is 3. The van der Waals surface area contributed by atoms with Crippen molar-refractivity contribution in [3.63, 3.8) is 0 Å². The van der Waals surface area contributed by atoms with Gasteiger partial charge in [0.1, 0.15) is 11.7 Å². The number of benzene rings is 1. The molecule has 6 rings (SSSR count). The van der Waals surface area contributed by atoms with Gasteiger partial charge < -0.3 is 4.90 Å². The Balaban J connectivity index is 1.27. The third kappa shape index (κ3) is 3.16. The van der Waals surface area contributed by atoms with Crippen molar-refractivity contribution < 1.29 is 14.4 Å². The van der Waals surface area contributed by atoms with Crippen LogP contribution in [0.15, 0.2) is 30.6 Å². The molecular formula is C23H23N7O3. The lowest BCUT2D eigenvalue weighted by Crippen LogP contribution is -2.52. The van der Waals surface area contributed by atoms with Crippen molar-refractivity contribution >= 4 is 17.7 Å². The lowest BCUT2D eigenvalue weighted by atomic mass is 9.81. The highest BCUT2D eigenvalue weighted by molar-refractivity contribution is 6.05. The maximum atomic E-state index is 12.9. The fraction of sp³-hybridized carbons (Fsp3) is 0.391. The molecule has 2 aromatic heterocycles. The molecule has 2 fully saturated rings. The summed E-state index contributed by atoms with van der Waals surface area (Å²) in [5.74, 6) is -0.376. The van der Waals surface area contributed by atoms with Gasteiger partial charge in [0.15, 0.2) is 0 Å². The molecule has 3 amide bonds. The van der Waals surface area contributed by atoms with Gasteiger partial charge in [0.05, 0.1) is 23.8 Å². The van der Waals surface area contributed by atoms with E-state index in [9.17, 15) is 14.4 Å². The SMILES string of the molecule is Cn1ncc(-c2cn(-c3ccc4c(c3)CN(C3CCC(=O)NC3=O)C4=O)nn2)c1C1CCC1. The highest BCUT2D eigenvalue weighted by atomic mass is 16.2. The summed E-state index contributed by atoms with van der Waals surface area (Å²) in [5, 5.41) is 15.5. The van der Waals surface area contributed by atoms with Crippen molar-refractivity contribution in [1.82, 2.24) is 35.0 Å². The van der Waals surface area contributed by atoms with E-state index in [0.717, 1.165) is 22.5 Å². The Kier molecular flexibility index (Phi) is 4.42. The molecule has 1 saturated carbocycles. The van der Waals surface area contributed by atoms with Gasteiger partial charge in [0.2, 0.25) is 11.8 Å². The molecule has 0 bridgehead atoms. The Morgan fingerprint density at radius 2 is 1.94 bits per heavy atom. The Bertz CT molecular complexity index is 1300. The zero-order valence-corrected chi connectivity index (χ0v) is 18.2. The molecule has 3 aliphatic rings. The minimum absolute atomic E-state index is 0.189. The summed E-state index contributed by atoms with van der Waals surface area (Å²) in [5.41, 5.74) is 5.17. The van der Waals surface area contributed by atoms with Crippen LogP contribution in [0.5, 0.6) is 0 Å². The zero-order chi connectivity index (χ0) is 22.7. The number of nitrogens with one attached hydrogen (secondary N) is 1. The van der Waals surface area contributed by atoms with Gasteiger partial charge in [0.25, 0.3) is 5.91 Å². The number of hydrogen-bond donors (Lipinski definition) is 1. The van der Waals surface area contributed by atoms with Crippen molar-refractivity contribution in [1.29, 1.82) is 0 Å². The quantitative estimate of drug-likeness (QED) is 0.611. The number of aryl methyl sites for hydroxylation is 1. The van der Waals surface area contributed by atoms with E-state index in [1.54, 1.807) is 15.6 Å². The van der Waals surface area contributed by atoms with Crippen LogP contribution in [0.4, 0.5) is 0 Å². The standard InChI is InChI=1S/C23H23N7O3/c1-28-21(13-3-2-4-13)17(10-24-28)18-12-30(27-26-18)15-5-6-16-14(9-15)11-29(23(16)33)19-7-8-20(31)25-22(19)32/h5-6,9-10,12-13,19H,2-4,7-8,11H2,1H3,(H,25,31,32). The van der Waals surface area contributed by atoms with Gasteiger partial charge in [-0.2, -0.15) is 5.10 Å². The Hall–Kier alpha value is -3.82. The molecule has 1 aromatic carbocycles. The fourth-order valence-electron chi connectivity index (χ4n) is 5.03. The smallest absolute Gasteiger partial charge is 0.255 e. The molecule has 4 heterocycles. The second kappa shape index (κ2) is 7.36. The molecule has 0 spiro atoms. The predicted octanol–water partition coefficient (Wildman–Crippen LogP) is 1.70. The number of imide groups is 1. The van der Waals surface area contributed by atoms with Crippen molar-refractivity contribution in [3.8, 4) is 16.9 Å². The van der Waals surface area contributed by atoms with Gasteiger partial charge in [-0.05, 0) is 43.0 Å². The van der Waals surface area contributed by atoms with E-state index in [4.69, 9.17) is 0 Å². The van der Waals surface area contributed by atoms with Crippen LogP contribution in [-0.2, 0) is 23.2 Å². The van der Waals surface area contributed by atoms with Crippen LogP contribution in [0, 0.1) is 0 Å². The first-order valence-corrected chi connectivity index (χ1v) is 11.2. The monoisotopic (exact) mass is 445 g/mol. The summed E-state index contributed by atoms with van der Waals surface area (Å²) >= 11 is 0. The lowest BCUT2D eigenvalue weighted by Gasteiger charge is -2.29. The number of aromatic nitrogens is 5. The van der Waals surface area contributed by atoms with Crippen molar-refractivity contribution in [2.24, 2.45) is 7.05 Å². The van der Waals surface area contributed by atoms with Gasteiger partial charge in [-0.15, -0.1) is 5.10 Å². The van der Waals surface area contributed by atoms with Crippen LogP contribution in [0.2, 0.25) is 0 Å². The Morgan fingerprint density at radius 3 is 2.70 bits per heavy atom. The van der Waals surface area contributed by atoms with Crippen LogP contribution in [0.1, 0.15) is 59.6 Å². The fourth-order valence-corrected chi connectivity index (χ4v) is 5.03. The van der Waals surface area contributed by atoms with Gasteiger partial charge in [-0.3, -0.25) is 24.4 Å². The predicted molar refractivity (Wildman–Crippen MR) is 116 cm³/mol. The molecule has 1 N–H and O–H groups in total. The largest absolute Gasteiger partial charge is 0.322 e. The van der Waals surface area contributed by atoms with E-state index in [0.29, 0.717) is 24.4 Å². The number of amides is 3. The van der Waals surface area contributed by atoms with Crippen LogP contribution < -0.4 is 5.32 Å². The first kappa shape index (κ1) is 19.8. The van der Waals surface area contributed by atoms with Crippen LogP contribution in [0.3, 0.4) is 0 Å². The van der Waals surface area contributed by atoms with Crippen LogP contribution >= 0.6 is 0 Å². The zero-order valence-electron chi connectivity index (χ0n) is 18.2. The number of nitrogens with zero attached hydrogens (tertiary/aromatic N) is 6. The topological polar surface area (TPSA) is 115 Å². The number of piperidine rings is 1. The molecule has 1 aliphatic carbocycles. The maximum absolute atomic E-state index is 12.9. The van der Waals surface area contributed by atoms with Crippen LogP contribution in [0.25, 0.3) is 16.9 Å². The lowest BCUT2D eigenvalue weighted by molar-refractivity contribution is -0.136. The molecule has 2 aliphatic heterocycles. The van der Waals surface area contributed by atoms with Crippen molar-refractivity contribution in [2.75, 3.05) is 0 Å².